The van der Waals surface area contributed by atoms with Crippen molar-refractivity contribution in [3.05, 3.63) is 58.6 Å². The Bertz CT molecular complexity index is 1310. The van der Waals surface area contributed by atoms with Crippen LogP contribution in [-0.4, -0.2) is 92.9 Å². The normalized spacial score (nSPS) is 26.9. The summed E-state index contributed by atoms with van der Waals surface area (Å²) in [4.78, 5) is 33.1. The van der Waals surface area contributed by atoms with Gasteiger partial charge in [0.25, 0.3) is 0 Å². The molecule has 4 atom stereocenters. The molecule has 4 aliphatic rings. The van der Waals surface area contributed by atoms with Crippen LogP contribution in [0.4, 0.5) is 5.69 Å². The molecule has 1 amide bonds. The Morgan fingerprint density at radius 2 is 1.64 bits per heavy atom. The number of carbonyl (C=O) groups excluding carboxylic acids is 1. The molecule has 0 radical (unpaired) electrons. The predicted molar refractivity (Wildman–Crippen MR) is 172 cm³/mol. The Morgan fingerprint density at radius 3 is 2.30 bits per heavy atom. The van der Waals surface area contributed by atoms with Crippen molar-refractivity contribution in [3.8, 4) is 5.75 Å². The third kappa shape index (κ3) is 6.44. The van der Waals surface area contributed by atoms with Gasteiger partial charge in [0.05, 0.1) is 25.6 Å². The summed E-state index contributed by atoms with van der Waals surface area (Å²) in [5, 5.41) is 10.2. The summed E-state index contributed by atoms with van der Waals surface area (Å²) in [6.45, 7) is 4.95. The molecule has 1 saturated carbocycles. The molecule has 9 heteroatoms. The van der Waals surface area contributed by atoms with Crippen LogP contribution in [-0.2, 0) is 14.3 Å². The maximum absolute atomic E-state index is 14.5. The lowest BCUT2D eigenvalue weighted by Gasteiger charge is -2.35. The molecular weight excluding hydrogens is 578 g/mol. The van der Waals surface area contributed by atoms with Crippen LogP contribution in [0.1, 0.15) is 61.5 Å². The zero-order valence-corrected chi connectivity index (χ0v) is 26.8. The van der Waals surface area contributed by atoms with Gasteiger partial charge in [-0.15, -0.1) is 0 Å². The molecule has 0 bridgehead atoms. The van der Waals surface area contributed by atoms with Crippen molar-refractivity contribution in [1.82, 2.24) is 9.80 Å². The highest BCUT2D eigenvalue weighted by Crippen LogP contribution is 2.43. The van der Waals surface area contributed by atoms with E-state index in [2.05, 4.69) is 32.9 Å². The Kier molecular flexibility index (Phi) is 9.69. The third-order valence-corrected chi connectivity index (χ3v) is 11.0. The summed E-state index contributed by atoms with van der Waals surface area (Å²) in [6.07, 6.45) is 6.23. The van der Waals surface area contributed by atoms with E-state index < -0.39 is 5.97 Å². The minimum Gasteiger partial charge on any atom is -0.497 e. The minimum atomic E-state index is -0.715. The zero-order valence-electron chi connectivity index (χ0n) is 26.0. The zero-order chi connectivity index (χ0) is 30.8. The molecule has 238 valence electrons. The highest BCUT2D eigenvalue weighted by molar-refractivity contribution is 6.30. The van der Waals surface area contributed by atoms with Crippen LogP contribution in [0, 0.1) is 17.8 Å². The van der Waals surface area contributed by atoms with Crippen molar-refractivity contribution in [1.29, 1.82) is 0 Å². The van der Waals surface area contributed by atoms with E-state index in [0.717, 1.165) is 24.5 Å². The van der Waals surface area contributed by atoms with Crippen molar-refractivity contribution in [2.45, 2.75) is 56.4 Å². The largest absolute Gasteiger partial charge is 0.497 e. The number of anilines is 1. The number of halogens is 1. The lowest BCUT2D eigenvalue weighted by Crippen LogP contribution is -2.39. The molecule has 3 saturated heterocycles. The summed E-state index contributed by atoms with van der Waals surface area (Å²) in [6, 6.07) is 14.9. The van der Waals surface area contributed by atoms with Crippen molar-refractivity contribution in [3.63, 3.8) is 0 Å². The number of amides is 1. The number of carboxylic acids is 1. The second kappa shape index (κ2) is 13.7. The first-order valence-electron chi connectivity index (χ1n) is 16.3. The average molecular weight is 624 g/mol. The number of methoxy groups -OCH3 is 2. The number of carboxylic acid groups (broad SMARTS) is 1. The fourth-order valence-electron chi connectivity index (χ4n) is 8.33. The fourth-order valence-corrected chi connectivity index (χ4v) is 8.50. The highest BCUT2D eigenvalue weighted by Gasteiger charge is 2.46. The maximum atomic E-state index is 14.5. The molecule has 3 aliphatic heterocycles. The number of aliphatic carboxylic acids is 1. The highest BCUT2D eigenvalue weighted by atomic mass is 35.5. The molecule has 44 heavy (non-hydrogen) atoms. The lowest BCUT2D eigenvalue weighted by molar-refractivity contribution is -0.142. The Labute approximate surface area is 266 Å². The number of likely N-dealkylation sites (tertiary alicyclic amines) is 2. The van der Waals surface area contributed by atoms with E-state index >= 15 is 0 Å². The summed E-state index contributed by atoms with van der Waals surface area (Å²) in [7, 11) is 3.42. The van der Waals surface area contributed by atoms with Crippen LogP contribution in [0.15, 0.2) is 42.5 Å². The van der Waals surface area contributed by atoms with Crippen LogP contribution < -0.4 is 9.64 Å². The van der Waals surface area contributed by atoms with Crippen LogP contribution in [0.25, 0.3) is 0 Å². The first-order chi connectivity index (χ1) is 21.4. The lowest BCUT2D eigenvalue weighted by atomic mass is 9.87. The second-order valence-corrected chi connectivity index (χ2v) is 13.7. The molecule has 0 aromatic heterocycles. The first kappa shape index (κ1) is 31.2. The maximum Gasteiger partial charge on any atom is 0.306 e. The molecule has 1 aliphatic carbocycles. The van der Waals surface area contributed by atoms with E-state index in [0.29, 0.717) is 56.7 Å². The van der Waals surface area contributed by atoms with E-state index in [1.807, 2.05) is 24.3 Å². The van der Waals surface area contributed by atoms with Gasteiger partial charge in [0.1, 0.15) is 5.75 Å². The van der Waals surface area contributed by atoms with Gasteiger partial charge in [-0.2, -0.15) is 0 Å². The number of carbonyl (C=O) groups is 2. The first-order valence-corrected chi connectivity index (χ1v) is 16.7. The molecule has 4 fully saturated rings. The van der Waals surface area contributed by atoms with E-state index in [1.54, 1.807) is 14.2 Å². The third-order valence-electron chi connectivity index (χ3n) is 10.8. The van der Waals surface area contributed by atoms with Crippen molar-refractivity contribution in [2.75, 3.05) is 65.0 Å². The Balaban J connectivity index is 1.25. The van der Waals surface area contributed by atoms with E-state index in [4.69, 9.17) is 21.1 Å². The number of hydrogen-bond donors (Lipinski definition) is 1. The number of hydrogen-bond acceptors (Lipinski definition) is 6. The predicted octanol–water partition coefficient (Wildman–Crippen LogP) is 5.50. The molecule has 6 rings (SSSR count). The Hall–Kier alpha value is -2.81. The number of rotatable bonds is 9. The quantitative estimate of drug-likeness (QED) is 0.395. The molecule has 8 nitrogen and oxygen atoms in total. The van der Waals surface area contributed by atoms with Crippen LogP contribution in [0.3, 0.4) is 0 Å². The van der Waals surface area contributed by atoms with Gasteiger partial charge in [0.2, 0.25) is 5.91 Å². The van der Waals surface area contributed by atoms with Gasteiger partial charge in [-0.25, -0.2) is 0 Å². The molecule has 2 aromatic rings. The van der Waals surface area contributed by atoms with Gasteiger partial charge in [-0.3, -0.25) is 14.5 Å². The second-order valence-electron chi connectivity index (χ2n) is 13.2. The summed E-state index contributed by atoms with van der Waals surface area (Å²) >= 11 is 6.52. The van der Waals surface area contributed by atoms with Crippen LogP contribution >= 0.6 is 11.6 Å². The standard InChI is InChI=1S/C35H46ClN3O5/c1-43-22-25-18-39(20-31(25)29-12-9-26(36)17-33(29)37-15-13-24(14-16-37)35(41)42)34(40)32-21-38(27-5-3-4-6-27)19-30(32)23-7-10-28(44-2)11-8-23/h7-12,17,24-25,27,30-32H,3-6,13-16,18-22H2,1-2H3,(H,41,42)/t25-,30+,31+,32-/m1/s1. The Morgan fingerprint density at radius 1 is 0.909 bits per heavy atom. The van der Waals surface area contributed by atoms with Gasteiger partial charge in [-0.05, 0) is 61.1 Å². The molecule has 0 unspecified atom stereocenters. The number of benzene rings is 2. The SMILES string of the molecule is COC[C@H]1CN(C(=O)[C@@H]2CN(C3CCCC3)C[C@H]2c2ccc(OC)cc2)C[C@@H]1c1ccc(Cl)cc1N1CCC(C(=O)O)CC1. The van der Waals surface area contributed by atoms with Gasteiger partial charge in [-0.1, -0.05) is 42.6 Å². The number of piperidine rings is 1. The van der Waals surface area contributed by atoms with Crippen molar-refractivity contribution in [2.24, 2.45) is 17.8 Å². The van der Waals surface area contributed by atoms with Gasteiger partial charge >= 0.3 is 5.97 Å². The van der Waals surface area contributed by atoms with Crippen LogP contribution in [0.2, 0.25) is 5.02 Å². The van der Waals surface area contributed by atoms with E-state index in [-0.39, 0.29) is 35.5 Å². The average Bonchev–Trinajstić information content (AvgIpc) is 3.82. The van der Waals surface area contributed by atoms with Crippen molar-refractivity contribution >= 4 is 29.2 Å². The summed E-state index contributed by atoms with van der Waals surface area (Å²) < 4.78 is 11.1. The van der Waals surface area contributed by atoms with Gasteiger partial charge < -0.3 is 24.4 Å². The monoisotopic (exact) mass is 623 g/mol. The molecular formula is C35H46ClN3O5. The van der Waals surface area contributed by atoms with E-state index in [9.17, 15) is 14.7 Å². The van der Waals surface area contributed by atoms with Crippen LogP contribution in [0.5, 0.6) is 5.75 Å². The van der Waals surface area contributed by atoms with E-state index in [1.165, 1.54) is 36.8 Å². The number of ether oxygens (including phenoxy) is 2. The molecule has 0 spiro atoms. The smallest absolute Gasteiger partial charge is 0.306 e. The summed E-state index contributed by atoms with van der Waals surface area (Å²) in [5.74, 6) is 0.380. The number of nitrogens with zero attached hydrogens (tertiary/aromatic N) is 3. The fraction of sp³-hybridized carbons (Fsp3) is 0.600. The molecule has 1 N–H and O–H groups in total. The topological polar surface area (TPSA) is 82.6 Å². The molecule has 3 heterocycles. The molecule has 2 aromatic carbocycles. The summed E-state index contributed by atoms with van der Waals surface area (Å²) in [5.41, 5.74) is 3.44. The van der Waals surface area contributed by atoms with Gasteiger partial charge in [0.15, 0.2) is 0 Å². The van der Waals surface area contributed by atoms with Gasteiger partial charge in [0, 0.05) is 80.9 Å². The minimum absolute atomic E-state index is 0.0920. The van der Waals surface area contributed by atoms with Crippen molar-refractivity contribution < 1.29 is 24.2 Å².